The number of rotatable bonds is 4. The molecule has 7 nitrogen and oxygen atoms in total. The lowest BCUT2D eigenvalue weighted by atomic mass is 9.84. The number of hydrogen-bond acceptors (Lipinski definition) is 4. The fourth-order valence-corrected chi connectivity index (χ4v) is 4.11. The molecule has 0 saturated heterocycles. The van der Waals surface area contributed by atoms with Gasteiger partial charge in [-0.15, -0.1) is 0 Å². The molecule has 0 unspecified atom stereocenters. The van der Waals surface area contributed by atoms with E-state index in [1.165, 1.54) is 22.9 Å². The molecule has 2 saturated carbocycles. The highest BCUT2D eigenvalue weighted by Gasteiger charge is 2.61. The van der Waals surface area contributed by atoms with Crippen LogP contribution >= 0.6 is 0 Å². The van der Waals surface area contributed by atoms with Gasteiger partial charge in [-0.05, 0) is 42.4 Å². The monoisotopic (exact) mass is 391 g/mol. The molecule has 2 atom stereocenters. The fraction of sp³-hybridized carbons (Fsp3) is 0.381. The van der Waals surface area contributed by atoms with Gasteiger partial charge in [0.05, 0.1) is 6.57 Å². The van der Waals surface area contributed by atoms with E-state index >= 15 is 0 Å². The summed E-state index contributed by atoms with van der Waals surface area (Å²) in [5.41, 5.74) is 2.05. The van der Waals surface area contributed by atoms with Gasteiger partial charge < -0.3 is 4.90 Å². The quantitative estimate of drug-likeness (QED) is 0.813. The summed E-state index contributed by atoms with van der Waals surface area (Å²) in [5, 5.41) is 2.52. The number of nitrogens with one attached hydrogen (secondary N) is 1. The highest BCUT2D eigenvalue weighted by atomic mass is 19.1. The van der Waals surface area contributed by atoms with Crippen molar-refractivity contribution >= 4 is 23.5 Å². The molecule has 146 valence electrons. The highest BCUT2D eigenvalue weighted by molar-refractivity contribution is 6.01. The Balaban J connectivity index is 1.35. The maximum atomic E-state index is 14.5. The predicted octanol–water partition coefficient (Wildman–Crippen LogP) is 2.98. The lowest BCUT2D eigenvalue weighted by molar-refractivity contribution is -0.117. The van der Waals surface area contributed by atoms with E-state index in [2.05, 4.69) is 20.1 Å². The third-order valence-electron chi connectivity index (χ3n) is 5.96. The van der Waals surface area contributed by atoms with Gasteiger partial charge in [0.2, 0.25) is 17.5 Å². The van der Waals surface area contributed by atoms with Crippen molar-refractivity contribution in [1.29, 1.82) is 0 Å². The molecule has 0 radical (unpaired) electrons. The molecule has 8 heteroatoms. The van der Waals surface area contributed by atoms with Crippen molar-refractivity contribution in [3.05, 3.63) is 58.7 Å². The van der Waals surface area contributed by atoms with Crippen molar-refractivity contribution in [2.24, 2.45) is 0 Å². The van der Waals surface area contributed by atoms with E-state index in [9.17, 15) is 14.0 Å². The van der Waals surface area contributed by atoms with Gasteiger partial charge in [-0.3, -0.25) is 14.9 Å². The summed E-state index contributed by atoms with van der Waals surface area (Å²) in [7, 11) is 0. The predicted molar refractivity (Wildman–Crippen MR) is 102 cm³/mol. The maximum absolute atomic E-state index is 14.5. The molecule has 1 aliphatic heterocycles. The number of amides is 2. The minimum atomic E-state index is -1.00. The number of halogens is 1. The number of carbonyl (C=O) groups is 2. The van der Waals surface area contributed by atoms with Gasteiger partial charge in [-0.1, -0.05) is 12.1 Å². The van der Waals surface area contributed by atoms with Crippen LogP contribution in [0.2, 0.25) is 0 Å². The van der Waals surface area contributed by atoms with Crippen LogP contribution in [0.1, 0.15) is 46.7 Å². The number of alkyl halides is 1. The van der Waals surface area contributed by atoms with Crippen molar-refractivity contribution in [2.75, 3.05) is 18.4 Å². The maximum Gasteiger partial charge on any atom is 0.254 e. The summed E-state index contributed by atoms with van der Waals surface area (Å²) < 4.78 is 14.5. The molecule has 2 fully saturated rings. The molecule has 2 aromatic rings. The number of nitrogens with zero attached hydrogens (tertiary/aromatic N) is 4. The molecular formula is C21H18FN5O2. The van der Waals surface area contributed by atoms with Crippen molar-refractivity contribution < 1.29 is 14.0 Å². The lowest BCUT2D eigenvalue weighted by Gasteiger charge is -2.34. The Labute approximate surface area is 166 Å². The molecule has 1 N–H and O–H groups in total. The van der Waals surface area contributed by atoms with Crippen LogP contribution in [-0.4, -0.2) is 45.9 Å². The summed E-state index contributed by atoms with van der Waals surface area (Å²) in [6.45, 7) is 6.88. The molecule has 2 heterocycles. The van der Waals surface area contributed by atoms with Crippen LogP contribution in [0.3, 0.4) is 0 Å². The zero-order valence-corrected chi connectivity index (χ0v) is 15.6. The van der Waals surface area contributed by atoms with Crippen LogP contribution in [-0.2, 0) is 10.2 Å². The van der Waals surface area contributed by atoms with Crippen molar-refractivity contribution in [3.8, 4) is 0 Å². The second-order valence-electron chi connectivity index (χ2n) is 7.99. The molecule has 3 aliphatic rings. The fourth-order valence-electron chi connectivity index (χ4n) is 4.11. The van der Waals surface area contributed by atoms with E-state index in [-0.39, 0.29) is 30.6 Å². The smallest absolute Gasteiger partial charge is 0.254 e. The molecule has 5 rings (SSSR count). The van der Waals surface area contributed by atoms with E-state index in [0.29, 0.717) is 17.9 Å². The van der Waals surface area contributed by atoms with Gasteiger partial charge in [0, 0.05) is 29.9 Å². The van der Waals surface area contributed by atoms with Crippen LogP contribution in [0.25, 0.3) is 4.85 Å². The Morgan fingerprint density at radius 2 is 2.07 bits per heavy atom. The minimum Gasteiger partial charge on any atom is -0.328 e. The molecule has 2 aliphatic carbocycles. The van der Waals surface area contributed by atoms with Gasteiger partial charge in [-0.2, -0.15) is 0 Å². The van der Waals surface area contributed by atoms with Crippen LogP contribution in [0.15, 0.2) is 30.6 Å². The van der Waals surface area contributed by atoms with Crippen LogP contribution in [0.5, 0.6) is 0 Å². The van der Waals surface area contributed by atoms with Crippen LogP contribution in [0.4, 0.5) is 16.0 Å². The summed E-state index contributed by atoms with van der Waals surface area (Å²) in [4.78, 5) is 37.8. The first-order valence-electron chi connectivity index (χ1n) is 9.57. The van der Waals surface area contributed by atoms with E-state index in [4.69, 9.17) is 6.57 Å². The molecule has 29 heavy (non-hydrogen) atoms. The zero-order chi connectivity index (χ0) is 20.2. The number of carbonyl (C=O) groups excluding carboxylic acids is 2. The number of fused-ring (bicyclic) bond motifs is 2. The second kappa shape index (κ2) is 6.34. The van der Waals surface area contributed by atoms with Crippen molar-refractivity contribution in [3.63, 3.8) is 0 Å². The average molecular weight is 391 g/mol. The van der Waals surface area contributed by atoms with E-state index in [0.717, 1.165) is 18.4 Å². The van der Waals surface area contributed by atoms with Gasteiger partial charge in [0.25, 0.3) is 5.91 Å². The van der Waals surface area contributed by atoms with Crippen molar-refractivity contribution in [1.82, 2.24) is 14.9 Å². The first-order chi connectivity index (χ1) is 14.0. The minimum absolute atomic E-state index is 0.0610. The van der Waals surface area contributed by atoms with Crippen LogP contribution < -0.4 is 5.32 Å². The first kappa shape index (κ1) is 17.7. The van der Waals surface area contributed by atoms with E-state index in [1.54, 1.807) is 6.07 Å². The Morgan fingerprint density at radius 1 is 1.34 bits per heavy atom. The largest absolute Gasteiger partial charge is 0.328 e. The highest BCUT2D eigenvalue weighted by Crippen LogP contribution is 2.55. The van der Waals surface area contributed by atoms with E-state index < -0.39 is 17.5 Å². The lowest BCUT2D eigenvalue weighted by Crippen LogP contribution is -2.47. The summed E-state index contributed by atoms with van der Waals surface area (Å²) in [6, 6.07) is 5.75. The molecule has 1 aromatic heterocycles. The van der Waals surface area contributed by atoms with Gasteiger partial charge in [0.15, 0.2) is 0 Å². The number of benzene rings is 1. The summed E-state index contributed by atoms with van der Waals surface area (Å²) >= 11 is 0. The van der Waals surface area contributed by atoms with E-state index in [1.807, 2.05) is 12.1 Å². The Hall–Kier alpha value is -3.34. The summed E-state index contributed by atoms with van der Waals surface area (Å²) in [6.07, 6.45) is 4.28. The normalized spacial score (nSPS) is 24.8. The Morgan fingerprint density at radius 3 is 2.69 bits per heavy atom. The number of anilines is 1. The standard InChI is InChI=1S/C21H18FN5O2/c1-23-14-8-24-20(25-9-14)26-18(28)10-27-11-21(7-17(21)22)16-6-13(12-2-3-12)4-5-15(16)19(27)29/h4-6,8-9,12,17H,2-3,7,10-11H2,(H,24,25,26,28)/t17-,21+/m0/s1. The molecule has 1 aromatic carbocycles. The topological polar surface area (TPSA) is 79.5 Å². The zero-order valence-electron chi connectivity index (χ0n) is 15.6. The first-order valence-corrected chi connectivity index (χ1v) is 9.57. The Kier molecular flexibility index (Phi) is 3.88. The second-order valence-corrected chi connectivity index (χ2v) is 7.99. The van der Waals surface area contributed by atoms with Crippen LogP contribution in [0, 0.1) is 6.57 Å². The number of hydrogen-bond donors (Lipinski definition) is 1. The third kappa shape index (κ3) is 3.03. The van der Waals surface area contributed by atoms with Gasteiger partial charge >= 0.3 is 0 Å². The molecule has 0 bridgehead atoms. The Bertz CT molecular complexity index is 1060. The SMILES string of the molecule is [C-]#[N+]c1cnc(NC(=O)CN2C[C@]3(C[C@@H]3F)c3cc(C4CC4)ccc3C2=O)nc1. The average Bonchev–Trinajstić information content (AvgIpc) is 3.64. The number of aromatic nitrogens is 2. The molecule has 2 amide bonds. The van der Waals surface area contributed by atoms with Crippen molar-refractivity contribution in [2.45, 2.75) is 36.8 Å². The molecular weight excluding hydrogens is 373 g/mol. The molecule has 1 spiro atoms. The summed E-state index contributed by atoms with van der Waals surface area (Å²) in [5.74, 6) is -0.127. The van der Waals surface area contributed by atoms with Gasteiger partial charge in [0.1, 0.15) is 12.7 Å². The third-order valence-corrected chi connectivity index (χ3v) is 5.96. The van der Waals surface area contributed by atoms with Gasteiger partial charge in [-0.25, -0.2) is 19.2 Å².